The van der Waals surface area contributed by atoms with E-state index in [4.69, 9.17) is 5.11 Å². The maximum Gasteiger partial charge on any atom is 0.408 e. The van der Waals surface area contributed by atoms with Gasteiger partial charge in [-0.15, -0.1) is 0 Å². The lowest BCUT2D eigenvalue weighted by Gasteiger charge is -2.35. The Labute approximate surface area is 102 Å². The highest BCUT2D eigenvalue weighted by molar-refractivity contribution is 5.67. The van der Waals surface area contributed by atoms with Crippen LogP contribution in [0.25, 0.3) is 0 Å². The molecule has 1 aliphatic heterocycles. The second-order valence-electron chi connectivity index (χ2n) is 6.12. The zero-order valence-electron chi connectivity index (χ0n) is 10.8. The van der Waals surface area contributed by atoms with Gasteiger partial charge in [-0.25, -0.2) is 4.79 Å². The molecule has 2 rings (SSSR count). The normalized spacial score (nSPS) is 32.4. The van der Waals surface area contributed by atoms with Gasteiger partial charge in [-0.2, -0.15) is 0 Å². The summed E-state index contributed by atoms with van der Waals surface area (Å²) in [6.07, 6.45) is -0.814. The summed E-state index contributed by atoms with van der Waals surface area (Å²) in [5.41, 5.74) is -0.331. The molecule has 17 heavy (non-hydrogen) atoms. The number of hydrogen-bond donors (Lipinski definition) is 2. The Kier molecular flexibility index (Phi) is 3.08. The number of nitrogens with zero attached hydrogens (tertiary/aromatic N) is 2. The first-order valence-electron chi connectivity index (χ1n) is 6.21. The highest BCUT2D eigenvalue weighted by Gasteiger charge is 2.61. The van der Waals surface area contributed by atoms with Crippen molar-refractivity contribution in [3.05, 3.63) is 0 Å². The van der Waals surface area contributed by atoms with Crippen LogP contribution >= 0.6 is 0 Å². The molecule has 2 unspecified atom stereocenters. The fourth-order valence-electron chi connectivity index (χ4n) is 3.15. The molecule has 0 aromatic rings. The summed E-state index contributed by atoms with van der Waals surface area (Å²) in [6, 6.07) is 0.183. The first-order valence-corrected chi connectivity index (χ1v) is 6.21. The lowest BCUT2D eigenvalue weighted by molar-refractivity contribution is 0.0801. The Morgan fingerprint density at radius 3 is 2.24 bits per heavy atom. The molecule has 1 amide bonds. The zero-order valence-corrected chi connectivity index (χ0v) is 10.8. The number of aliphatic hydroxyl groups excluding tert-OH is 1. The van der Waals surface area contributed by atoms with E-state index in [1.807, 2.05) is 20.8 Å². The average Bonchev–Trinajstić information content (AvgIpc) is 2.66. The lowest BCUT2D eigenvalue weighted by atomic mass is 10.1. The van der Waals surface area contributed by atoms with Crippen molar-refractivity contribution in [2.24, 2.45) is 11.8 Å². The summed E-state index contributed by atoms with van der Waals surface area (Å²) in [4.78, 5) is 15.2. The fourth-order valence-corrected chi connectivity index (χ4v) is 3.15. The Hall–Kier alpha value is -0.810. The van der Waals surface area contributed by atoms with Gasteiger partial charge in [0.15, 0.2) is 0 Å². The van der Waals surface area contributed by atoms with Crippen molar-refractivity contribution in [2.45, 2.75) is 32.4 Å². The molecule has 0 bridgehead atoms. The molecule has 2 N–H and O–H groups in total. The van der Waals surface area contributed by atoms with Gasteiger partial charge in [0.2, 0.25) is 0 Å². The zero-order chi connectivity index (χ0) is 12.8. The number of rotatable bonds is 3. The molecule has 5 heteroatoms. The number of carbonyl (C=O) groups is 1. The van der Waals surface area contributed by atoms with Crippen LogP contribution in [0.4, 0.5) is 4.79 Å². The van der Waals surface area contributed by atoms with Crippen LogP contribution in [0.3, 0.4) is 0 Å². The number of piperidine rings is 1. The van der Waals surface area contributed by atoms with Crippen molar-refractivity contribution in [3.63, 3.8) is 0 Å². The summed E-state index contributed by atoms with van der Waals surface area (Å²) < 4.78 is 0. The fraction of sp³-hybridized carbons (Fsp3) is 0.917. The van der Waals surface area contributed by atoms with Gasteiger partial charge in [0, 0.05) is 31.2 Å². The van der Waals surface area contributed by atoms with E-state index in [2.05, 4.69) is 4.90 Å². The van der Waals surface area contributed by atoms with Gasteiger partial charge in [-0.3, -0.25) is 4.90 Å². The van der Waals surface area contributed by atoms with Crippen LogP contribution in [-0.4, -0.2) is 63.9 Å². The SMILES string of the molecule is CC(C)(C)N(C(=O)O)C1C2CN(CCO)CC21. The second-order valence-corrected chi connectivity index (χ2v) is 6.12. The molecule has 1 aliphatic carbocycles. The maximum atomic E-state index is 11.3. The molecular weight excluding hydrogens is 220 g/mol. The monoisotopic (exact) mass is 242 g/mol. The Bertz CT molecular complexity index is 301. The van der Waals surface area contributed by atoms with Gasteiger partial charge in [0.1, 0.15) is 0 Å². The first kappa shape index (κ1) is 12.6. The van der Waals surface area contributed by atoms with Crippen LogP contribution in [-0.2, 0) is 0 Å². The number of hydrogen-bond acceptors (Lipinski definition) is 3. The van der Waals surface area contributed by atoms with E-state index in [0.29, 0.717) is 18.4 Å². The Balaban J connectivity index is 1.97. The molecule has 1 saturated heterocycles. The average molecular weight is 242 g/mol. The number of fused-ring (bicyclic) bond motifs is 1. The van der Waals surface area contributed by atoms with Gasteiger partial charge in [0.25, 0.3) is 0 Å². The van der Waals surface area contributed by atoms with Gasteiger partial charge in [0.05, 0.1) is 6.61 Å². The molecule has 0 aromatic heterocycles. The van der Waals surface area contributed by atoms with E-state index in [1.54, 1.807) is 4.90 Å². The molecule has 0 radical (unpaired) electrons. The molecule has 0 aromatic carbocycles. The van der Waals surface area contributed by atoms with E-state index in [9.17, 15) is 9.90 Å². The largest absolute Gasteiger partial charge is 0.465 e. The first-order chi connectivity index (χ1) is 7.86. The van der Waals surface area contributed by atoms with E-state index >= 15 is 0 Å². The second kappa shape index (κ2) is 4.14. The van der Waals surface area contributed by atoms with Crippen molar-refractivity contribution in [3.8, 4) is 0 Å². The van der Waals surface area contributed by atoms with Gasteiger partial charge in [-0.05, 0) is 32.6 Å². The summed E-state index contributed by atoms with van der Waals surface area (Å²) in [6.45, 7) is 8.59. The number of likely N-dealkylation sites (tertiary alicyclic amines) is 1. The summed E-state index contributed by atoms with van der Waals surface area (Å²) in [5, 5.41) is 18.2. The number of carboxylic acid groups (broad SMARTS) is 1. The van der Waals surface area contributed by atoms with Crippen LogP contribution in [0.5, 0.6) is 0 Å². The minimum atomic E-state index is -0.814. The van der Waals surface area contributed by atoms with Crippen molar-refractivity contribution in [1.82, 2.24) is 9.80 Å². The molecule has 0 spiro atoms. The highest BCUT2D eigenvalue weighted by atomic mass is 16.4. The molecule has 1 saturated carbocycles. The van der Waals surface area contributed by atoms with E-state index in [1.165, 1.54) is 0 Å². The molecule has 1 heterocycles. The van der Waals surface area contributed by atoms with E-state index in [-0.39, 0.29) is 18.2 Å². The Morgan fingerprint density at radius 1 is 1.35 bits per heavy atom. The van der Waals surface area contributed by atoms with Crippen molar-refractivity contribution < 1.29 is 15.0 Å². The summed E-state index contributed by atoms with van der Waals surface area (Å²) in [5.74, 6) is 0.939. The smallest absolute Gasteiger partial charge is 0.408 e. The van der Waals surface area contributed by atoms with Crippen LogP contribution in [0.1, 0.15) is 20.8 Å². The van der Waals surface area contributed by atoms with E-state index in [0.717, 1.165) is 13.1 Å². The van der Waals surface area contributed by atoms with Crippen LogP contribution in [0, 0.1) is 11.8 Å². The minimum absolute atomic E-state index is 0.183. The van der Waals surface area contributed by atoms with Crippen molar-refractivity contribution >= 4 is 6.09 Å². The van der Waals surface area contributed by atoms with Gasteiger partial charge in [-0.1, -0.05) is 0 Å². The molecule has 2 aliphatic rings. The highest BCUT2D eigenvalue weighted by Crippen LogP contribution is 2.50. The molecule has 98 valence electrons. The molecular formula is C12H22N2O3. The molecule has 2 fully saturated rings. The third-order valence-electron chi connectivity index (χ3n) is 3.87. The number of β-amino-alcohol motifs (C(OH)–C–C–N with tert-alkyl or cyclic N) is 1. The van der Waals surface area contributed by atoms with Crippen LogP contribution < -0.4 is 0 Å². The van der Waals surface area contributed by atoms with Crippen molar-refractivity contribution in [2.75, 3.05) is 26.2 Å². The molecule has 5 nitrogen and oxygen atoms in total. The summed E-state index contributed by atoms with van der Waals surface area (Å²) in [7, 11) is 0. The van der Waals surface area contributed by atoms with Crippen LogP contribution in [0.15, 0.2) is 0 Å². The standard InChI is InChI=1S/C12H22N2O3/c1-12(2,3)14(11(16)17)10-8-6-13(4-5-15)7-9(8)10/h8-10,15H,4-7H2,1-3H3,(H,16,17). The summed E-state index contributed by atoms with van der Waals surface area (Å²) >= 11 is 0. The number of aliphatic hydroxyl groups is 1. The van der Waals surface area contributed by atoms with Gasteiger partial charge < -0.3 is 15.1 Å². The third kappa shape index (κ3) is 2.26. The quantitative estimate of drug-likeness (QED) is 0.764. The predicted molar refractivity (Wildman–Crippen MR) is 63.9 cm³/mol. The lowest BCUT2D eigenvalue weighted by Crippen LogP contribution is -2.49. The van der Waals surface area contributed by atoms with Crippen LogP contribution in [0.2, 0.25) is 0 Å². The number of amides is 1. The topological polar surface area (TPSA) is 64.0 Å². The predicted octanol–water partition coefficient (Wildman–Crippen LogP) is 0.687. The minimum Gasteiger partial charge on any atom is -0.465 e. The van der Waals surface area contributed by atoms with Crippen molar-refractivity contribution in [1.29, 1.82) is 0 Å². The molecule has 2 atom stereocenters. The Morgan fingerprint density at radius 2 is 1.88 bits per heavy atom. The maximum absolute atomic E-state index is 11.3. The third-order valence-corrected chi connectivity index (χ3v) is 3.87. The van der Waals surface area contributed by atoms with Gasteiger partial charge >= 0.3 is 6.09 Å². The van der Waals surface area contributed by atoms with E-state index < -0.39 is 6.09 Å².